The van der Waals surface area contributed by atoms with Crippen LogP contribution in [-0.4, -0.2) is 64.3 Å². The van der Waals surface area contributed by atoms with Crippen LogP contribution in [0.15, 0.2) is 54.6 Å². The summed E-state index contributed by atoms with van der Waals surface area (Å²) in [5.41, 5.74) is 13.2. The Bertz CT molecular complexity index is 1080. The van der Waals surface area contributed by atoms with Crippen LogP contribution >= 0.6 is 0 Å². The number of phenols is 1. The van der Waals surface area contributed by atoms with Crippen LogP contribution in [0, 0.1) is 0 Å². The molecular weight excluding hydrogens is 462 g/mol. The van der Waals surface area contributed by atoms with Crippen molar-refractivity contribution in [3.05, 3.63) is 65.7 Å². The topological polar surface area (TPSA) is 168 Å². The number of rotatable bonds is 10. The van der Waals surface area contributed by atoms with E-state index in [-0.39, 0.29) is 24.5 Å². The predicted molar refractivity (Wildman–Crippen MR) is 133 cm³/mol. The lowest BCUT2D eigenvalue weighted by molar-refractivity contribution is -0.140. The SMILES string of the molecule is CC(NC(=O)C1CCCN1C(=O)C(N)Cc1ccc(O)cc1)C(=O)NC(Cc1ccccc1)C(N)=O. The van der Waals surface area contributed by atoms with Crippen LogP contribution in [0.25, 0.3) is 0 Å². The molecular formula is C26H33N5O5. The van der Waals surface area contributed by atoms with Crippen LogP contribution in [0.2, 0.25) is 0 Å². The Morgan fingerprint density at radius 1 is 1.00 bits per heavy atom. The number of amides is 4. The third-order valence-corrected chi connectivity index (χ3v) is 6.24. The zero-order valence-electron chi connectivity index (χ0n) is 20.2. The number of nitrogens with zero attached hydrogens (tertiary/aromatic N) is 1. The molecule has 2 aromatic carbocycles. The molecule has 4 atom stereocenters. The normalized spacial score (nSPS) is 17.6. The average Bonchev–Trinajstić information content (AvgIpc) is 3.35. The second kappa shape index (κ2) is 12.2. The van der Waals surface area contributed by atoms with E-state index >= 15 is 0 Å². The minimum atomic E-state index is -0.946. The van der Waals surface area contributed by atoms with Gasteiger partial charge < -0.3 is 32.1 Å². The molecule has 0 saturated carbocycles. The highest BCUT2D eigenvalue weighted by Crippen LogP contribution is 2.20. The van der Waals surface area contributed by atoms with Crippen LogP contribution in [-0.2, 0) is 32.0 Å². The number of phenolic OH excluding ortho intramolecular Hbond substituents is 1. The van der Waals surface area contributed by atoms with E-state index in [1.54, 1.807) is 12.1 Å². The third kappa shape index (κ3) is 7.05. The van der Waals surface area contributed by atoms with Crippen molar-refractivity contribution in [2.75, 3.05) is 6.54 Å². The lowest BCUT2D eigenvalue weighted by Gasteiger charge is -2.28. The van der Waals surface area contributed by atoms with Gasteiger partial charge in [-0.25, -0.2) is 0 Å². The maximum Gasteiger partial charge on any atom is 0.243 e. The molecule has 192 valence electrons. The number of nitrogens with two attached hydrogens (primary N) is 2. The molecule has 0 aliphatic carbocycles. The lowest BCUT2D eigenvalue weighted by Crippen LogP contribution is -2.56. The maximum atomic E-state index is 13.0. The smallest absolute Gasteiger partial charge is 0.243 e. The number of benzene rings is 2. The largest absolute Gasteiger partial charge is 0.508 e. The van der Waals surface area contributed by atoms with Gasteiger partial charge in [0.05, 0.1) is 6.04 Å². The molecule has 10 heteroatoms. The Hall–Kier alpha value is -3.92. The number of hydrogen-bond donors (Lipinski definition) is 5. The molecule has 4 unspecified atom stereocenters. The number of carbonyl (C=O) groups is 4. The zero-order chi connectivity index (χ0) is 26.2. The number of nitrogens with one attached hydrogen (secondary N) is 2. The first-order valence-electron chi connectivity index (χ1n) is 11.9. The van der Waals surface area contributed by atoms with Gasteiger partial charge in [0.2, 0.25) is 23.6 Å². The van der Waals surface area contributed by atoms with E-state index in [0.717, 1.165) is 11.1 Å². The summed E-state index contributed by atoms with van der Waals surface area (Å²) in [5.74, 6) is -1.92. The molecule has 7 N–H and O–H groups in total. The third-order valence-electron chi connectivity index (χ3n) is 6.24. The minimum absolute atomic E-state index is 0.121. The Morgan fingerprint density at radius 2 is 1.64 bits per heavy atom. The molecule has 0 bridgehead atoms. The second-order valence-corrected chi connectivity index (χ2v) is 9.05. The summed E-state index contributed by atoms with van der Waals surface area (Å²) in [6.45, 7) is 1.90. The predicted octanol–water partition coefficient (Wildman–Crippen LogP) is -0.0295. The molecule has 0 aromatic heterocycles. The van der Waals surface area contributed by atoms with E-state index in [1.165, 1.54) is 24.0 Å². The van der Waals surface area contributed by atoms with Crippen LogP contribution in [0.4, 0.5) is 0 Å². The molecule has 1 saturated heterocycles. The zero-order valence-corrected chi connectivity index (χ0v) is 20.2. The fourth-order valence-corrected chi connectivity index (χ4v) is 4.23. The summed E-state index contributed by atoms with van der Waals surface area (Å²) < 4.78 is 0. The van der Waals surface area contributed by atoms with Crippen molar-refractivity contribution in [2.24, 2.45) is 11.5 Å². The van der Waals surface area contributed by atoms with Gasteiger partial charge in [0.15, 0.2) is 0 Å². The molecule has 3 rings (SSSR count). The Balaban J connectivity index is 1.56. The van der Waals surface area contributed by atoms with Crippen molar-refractivity contribution >= 4 is 23.6 Å². The van der Waals surface area contributed by atoms with Gasteiger partial charge in [0, 0.05) is 13.0 Å². The van der Waals surface area contributed by atoms with Gasteiger partial charge in [-0.05, 0) is 49.4 Å². The number of aromatic hydroxyl groups is 1. The van der Waals surface area contributed by atoms with Gasteiger partial charge in [-0.3, -0.25) is 19.2 Å². The van der Waals surface area contributed by atoms with Gasteiger partial charge in [0.1, 0.15) is 23.9 Å². The van der Waals surface area contributed by atoms with Crippen molar-refractivity contribution in [1.29, 1.82) is 0 Å². The van der Waals surface area contributed by atoms with Gasteiger partial charge in [-0.2, -0.15) is 0 Å². The molecule has 1 aliphatic rings. The van der Waals surface area contributed by atoms with Crippen molar-refractivity contribution < 1.29 is 24.3 Å². The van der Waals surface area contributed by atoms with Crippen molar-refractivity contribution in [3.63, 3.8) is 0 Å². The second-order valence-electron chi connectivity index (χ2n) is 9.05. The van der Waals surface area contributed by atoms with Crippen LogP contribution in [0.5, 0.6) is 5.75 Å². The average molecular weight is 496 g/mol. The van der Waals surface area contributed by atoms with E-state index in [4.69, 9.17) is 11.5 Å². The van der Waals surface area contributed by atoms with E-state index in [9.17, 15) is 24.3 Å². The first-order valence-corrected chi connectivity index (χ1v) is 11.9. The van der Waals surface area contributed by atoms with Crippen molar-refractivity contribution in [3.8, 4) is 5.75 Å². The van der Waals surface area contributed by atoms with E-state index in [0.29, 0.717) is 19.4 Å². The molecule has 1 heterocycles. The van der Waals surface area contributed by atoms with Gasteiger partial charge in [0.25, 0.3) is 0 Å². The van der Waals surface area contributed by atoms with Gasteiger partial charge in [-0.1, -0.05) is 42.5 Å². The number of hydrogen-bond acceptors (Lipinski definition) is 6. The van der Waals surface area contributed by atoms with E-state index in [1.807, 2.05) is 30.3 Å². The highest BCUT2D eigenvalue weighted by Gasteiger charge is 2.37. The monoisotopic (exact) mass is 495 g/mol. The summed E-state index contributed by atoms with van der Waals surface area (Å²) in [7, 11) is 0. The molecule has 4 amide bonds. The van der Waals surface area contributed by atoms with Crippen LogP contribution in [0.3, 0.4) is 0 Å². The number of carbonyl (C=O) groups excluding carboxylic acids is 4. The summed E-state index contributed by atoms with van der Waals surface area (Å²) in [6.07, 6.45) is 1.58. The fraction of sp³-hybridized carbons (Fsp3) is 0.385. The Labute approximate surface area is 210 Å². The number of primary amides is 1. The molecule has 10 nitrogen and oxygen atoms in total. The summed E-state index contributed by atoms with van der Waals surface area (Å²) in [4.78, 5) is 52.0. The molecule has 1 fully saturated rings. The summed E-state index contributed by atoms with van der Waals surface area (Å²) in [5, 5.41) is 14.7. The molecule has 1 aliphatic heterocycles. The Morgan fingerprint density at radius 3 is 2.28 bits per heavy atom. The van der Waals surface area contributed by atoms with Crippen LogP contribution in [0.1, 0.15) is 30.9 Å². The van der Waals surface area contributed by atoms with Crippen molar-refractivity contribution in [2.45, 2.75) is 56.8 Å². The summed E-state index contributed by atoms with van der Waals surface area (Å²) in [6, 6.07) is 12.1. The standard InChI is InChI=1S/C26H33N5O5/c1-16(24(34)30-21(23(28)33)15-17-6-3-2-4-7-17)29-25(35)22-8-5-13-31(22)26(36)20(27)14-18-9-11-19(32)12-10-18/h2-4,6-7,9-12,16,20-22,32H,5,8,13-15,27H2,1H3,(H2,28,33)(H,29,35)(H,30,34). The molecule has 0 radical (unpaired) electrons. The maximum absolute atomic E-state index is 13.0. The van der Waals surface area contributed by atoms with Crippen LogP contribution < -0.4 is 22.1 Å². The van der Waals surface area contributed by atoms with Gasteiger partial charge >= 0.3 is 0 Å². The first kappa shape index (κ1) is 26.7. The van der Waals surface area contributed by atoms with Gasteiger partial charge in [-0.15, -0.1) is 0 Å². The van der Waals surface area contributed by atoms with E-state index < -0.39 is 41.9 Å². The minimum Gasteiger partial charge on any atom is -0.508 e. The lowest BCUT2D eigenvalue weighted by atomic mass is 10.0. The number of likely N-dealkylation sites (tertiary alicyclic amines) is 1. The summed E-state index contributed by atoms with van der Waals surface area (Å²) >= 11 is 0. The fourth-order valence-electron chi connectivity index (χ4n) is 4.23. The molecule has 2 aromatic rings. The Kier molecular flexibility index (Phi) is 9.02. The molecule has 0 spiro atoms. The van der Waals surface area contributed by atoms with Crippen molar-refractivity contribution in [1.82, 2.24) is 15.5 Å². The highest BCUT2D eigenvalue weighted by atomic mass is 16.3. The first-order chi connectivity index (χ1) is 17.2. The molecule has 36 heavy (non-hydrogen) atoms. The quantitative estimate of drug-likeness (QED) is 0.310. The highest BCUT2D eigenvalue weighted by molar-refractivity contribution is 5.94. The van der Waals surface area contributed by atoms with E-state index in [2.05, 4.69) is 10.6 Å².